The summed E-state index contributed by atoms with van der Waals surface area (Å²) in [5.74, 6) is 0.343. The van der Waals surface area contributed by atoms with E-state index in [9.17, 15) is 5.11 Å². The van der Waals surface area contributed by atoms with Crippen LogP contribution < -0.4 is 0 Å². The summed E-state index contributed by atoms with van der Waals surface area (Å²) in [6, 6.07) is 18.2. The molecule has 1 aliphatic rings. The Morgan fingerprint density at radius 2 is 1.85 bits per heavy atom. The topological polar surface area (TPSA) is 23.5 Å². The quantitative estimate of drug-likeness (QED) is 0.814. The van der Waals surface area contributed by atoms with Gasteiger partial charge in [-0.3, -0.25) is 0 Å². The van der Waals surface area contributed by atoms with E-state index in [0.717, 1.165) is 29.5 Å². The Morgan fingerprint density at radius 3 is 2.50 bits per heavy atom. The Hall–Kier alpha value is -1.61. The smallest absolute Gasteiger partial charge is 0.106 e. The van der Waals surface area contributed by atoms with E-state index in [1.807, 2.05) is 36.4 Å². The molecule has 1 fully saturated rings. The molecule has 0 spiro atoms. The molecule has 0 amide bonds. The van der Waals surface area contributed by atoms with E-state index >= 15 is 0 Å². The molecule has 0 bridgehead atoms. The van der Waals surface area contributed by atoms with Gasteiger partial charge in [0.1, 0.15) is 5.60 Å². The van der Waals surface area contributed by atoms with Crippen LogP contribution in [-0.2, 0) is 6.42 Å². The van der Waals surface area contributed by atoms with Gasteiger partial charge in [0.05, 0.1) is 0 Å². The summed E-state index contributed by atoms with van der Waals surface area (Å²) >= 11 is 6.20. The van der Waals surface area contributed by atoms with Gasteiger partial charge in [0, 0.05) is 17.5 Å². The van der Waals surface area contributed by atoms with Gasteiger partial charge in [0.2, 0.25) is 0 Å². The number of hydrogen-bond acceptors (Lipinski definition) is 2. The molecule has 0 aromatic heterocycles. The third-order valence-corrected chi connectivity index (χ3v) is 5.80. The van der Waals surface area contributed by atoms with E-state index in [-0.39, 0.29) is 6.04 Å². The highest BCUT2D eigenvalue weighted by Gasteiger charge is 2.46. The lowest BCUT2D eigenvalue weighted by molar-refractivity contribution is -0.0284. The number of likely N-dealkylation sites (N-methyl/N-ethyl adjacent to an activating group) is 1. The van der Waals surface area contributed by atoms with E-state index in [2.05, 4.69) is 50.2 Å². The minimum atomic E-state index is -0.915. The molecule has 0 heterocycles. The van der Waals surface area contributed by atoms with Crippen molar-refractivity contribution in [3.8, 4) is 0 Å². The molecule has 1 N–H and O–H groups in total. The number of benzene rings is 2. The number of aliphatic hydroxyl groups is 1. The molecular weight excluding hydrogens is 342 g/mol. The number of nitrogens with zero attached hydrogens (tertiary/aromatic N) is 1. The lowest BCUT2D eigenvalue weighted by atomic mass is 9.67. The first-order chi connectivity index (χ1) is 12.4. The average Bonchev–Trinajstić information content (AvgIpc) is 2.59. The molecule has 26 heavy (non-hydrogen) atoms. The summed E-state index contributed by atoms with van der Waals surface area (Å²) in [6.45, 7) is 2.23. The van der Waals surface area contributed by atoms with Gasteiger partial charge in [-0.2, -0.15) is 0 Å². The Kier molecular flexibility index (Phi) is 5.86. The van der Waals surface area contributed by atoms with Gasteiger partial charge in [0.25, 0.3) is 0 Å². The lowest BCUT2D eigenvalue weighted by Crippen LogP contribution is -2.56. The highest BCUT2D eigenvalue weighted by atomic mass is 35.5. The second kappa shape index (κ2) is 7.96. The fourth-order valence-electron chi connectivity index (χ4n) is 4.28. The molecule has 138 valence electrons. The Morgan fingerprint density at radius 1 is 1.12 bits per heavy atom. The molecule has 3 unspecified atom stereocenters. The molecular formula is C23H28ClNO. The highest BCUT2D eigenvalue weighted by Crippen LogP contribution is 2.42. The molecule has 3 rings (SSSR count). The van der Waals surface area contributed by atoms with Crippen LogP contribution in [0.3, 0.4) is 0 Å². The van der Waals surface area contributed by atoms with Crippen LogP contribution in [-0.4, -0.2) is 35.7 Å². The summed E-state index contributed by atoms with van der Waals surface area (Å²) in [4.78, 5) is 2.16. The SMILES string of the molecule is CC1CCC(N(C)C)C(O)(Cc2cccc(Cl)c2)C1=Cc1ccccc1. The second-order valence-corrected chi connectivity index (χ2v) is 8.14. The molecule has 3 atom stereocenters. The van der Waals surface area contributed by atoms with Crippen molar-refractivity contribution >= 4 is 17.7 Å². The van der Waals surface area contributed by atoms with Crippen LogP contribution in [0.5, 0.6) is 0 Å². The van der Waals surface area contributed by atoms with Crippen molar-refractivity contribution in [2.45, 2.75) is 37.8 Å². The van der Waals surface area contributed by atoms with Crippen LogP contribution in [0.2, 0.25) is 5.02 Å². The van der Waals surface area contributed by atoms with E-state index in [1.165, 1.54) is 0 Å². The van der Waals surface area contributed by atoms with E-state index in [0.29, 0.717) is 17.4 Å². The van der Waals surface area contributed by atoms with Crippen LogP contribution in [0.25, 0.3) is 6.08 Å². The fourth-order valence-corrected chi connectivity index (χ4v) is 4.49. The van der Waals surface area contributed by atoms with Gasteiger partial charge in [-0.05, 0) is 61.7 Å². The zero-order valence-electron chi connectivity index (χ0n) is 15.8. The molecule has 0 aliphatic heterocycles. The normalized spacial score (nSPS) is 27.8. The van der Waals surface area contributed by atoms with E-state index in [1.54, 1.807) is 0 Å². The van der Waals surface area contributed by atoms with Crippen LogP contribution in [0, 0.1) is 5.92 Å². The minimum Gasteiger partial charge on any atom is -0.383 e. The fraction of sp³-hybridized carbons (Fsp3) is 0.391. The van der Waals surface area contributed by atoms with Crippen LogP contribution in [0.1, 0.15) is 30.9 Å². The van der Waals surface area contributed by atoms with Gasteiger partial charge >= 0.3 is 0 Å². The van der Waals surface area contributed by atoms with Crippen molar-refractivity contribution in [2.75, 3.05) is 14.1 Å². The standard InChI is InChI=1S/C23H28ClNO/c1-17-12-13-22(25(2)3)23(26,16-19-10-7-11-20(24)14-19)21(17)15-18-8-5-4-6-9-18/h4-11,14-15,17,22,26H,12-13,16H2,1-3H3. The summed E-state index contributed by atoms with van der Waals surface area (Å²) in [6.07, 6.45) is 4.82. The molecule has 2 nitrogen and oxygen atoms in total. The van der Waals surface area contributed by atoms with Crippen molar-refractivity contribution in [2.24, 2.45) is 5.92 Å². The molecule has 1 saturated carbocycles. The van der Waals surface area contributed by atoms with Gasteiger partial charge < -0.3 is 10.0 Å². The van der Waals surface area contributed by atoms with E-state index < -0.39 is 5.60 Å². The number of hydrogen-bond donors (Lipinski definition) is 1. The van der Waals surface area contributed by atoms with Crippen molar-refractivity contribution in [1.82, 2.24) is 4.90 Å². The molecule has 3 heteroatoms. The second-order valence-electron chi connectivity index (χ2n) is 7.70. The summed E-state index contributed by atoms with van der Waals surface area (Å²) in [7, 11) is 4.12. The third-order valence-electron chi connectivity index (χ3n) is 5.56. The predicted octanol–water partition coefficient (Wildman–Crippen LogP) is 5.06. The molecule has 0 radical (unpaired) electrons. The Labute approximate surface area is 162 Å². The lowest BCUT2D eigenvalue weighted by Gasteiger charge is -2.48. The van der Waals surface area contributed by atoms with Crippen molar-refractivity contribution in [1.29, 1.82) is 0 Å². The van der Waals surface area contributed by atoms with Crippen molar-refractivity contribution in [3.05, 3.63) is 76.3 Å². The van der Waals surface area contributed by atoms with Crippen molar-refractivity contribution < 1.29 is 5.11 Å². The van der Waals surface area contributed by atoms with Gasteiger partial charge in [-0.15, -0.1) is 0 Å². The Bertz CT molecular complexity index is 771. The van der Waals surface area contributed by atoms with Crippen molar-refractivity contribution in [3.63, 3.8) is 0 Å². The average molecular weight is 370 g/mol. The predicted molar refractivity (Wildman–Crippen MR) is 110 cm³/mol. The number of halogens is 1. The highest BCUT2D eigenvalue weighted by molar-refractivity contribution is 6.30. The van der Waals surface area contributed by atoms with Crippen LogP contribution in [0.4, 0.5) is 0 Å². The zero-order chi connectivity index (χ0) is 18.7. The van der Waals surface area contributed by atoms with Crippen LogP contribution >= 0.6 is 11.6 Å². The summed E-state index contributed by atoms with van der Waals surface area (Å²) in [5, 5.41) is 12.7. The maximum absolute atomic E-state index is 12.0. The zero-order valence-corrected chi connectivity index (χ0v) is 16.6. The molecule has 2 aromatic rings. The van der Waals surface area contributed by atoms with Gasteiger partial charge in [0.15, 0.2) is 0 Å². The number of rotatable bonds is 4. The molecule has 2 aromatic carbocycles. The van der Waals surface area contributed by atoms with Gasteiger partial charge in [-0.1, -0.05) is 67.1 Å². The summed E-state index contributed by atoms with van der Waals surface area (Å²) in [5.41, 5.74) is 2.41. The minimum absolute atomic E-state index is 0.0765. The largest absolute Gasteiger partial charge is 0.383 e. The van der Waals surface area contributed by atoms with Gasteiger partial charge in [-0.25, -0.2) is 0 Å². The first-order valence-corrected chi connectivity index (χ1v) is 9.68. The van der Waals surface area contributed by atoms with Crippen LogP contribution in [0.15, 0.2) is 60.2 Å². The maximum atomic E-state index is 12.0. The maximum Gasteiger partial charge on any atom is 0.106 e. The monoisotopic (exact) mass is 369 g/mol. The molecule has 0 saturated heterocycles. The summed E-state index contributed by atoms with van der Waals surface area (Å²) < 4.78 is 0. The molecule has 1 aliphatic carbocycles. The first kappa shape index (κ1) is 19.2. The third kappa shape index (κ3) is 4.03. The first-order valence-electron chi connectivity index (χ1n) is 9.30. The Balaban J connectivity index is 2.06. The van der Waals surface area contributed by atoms with E-state index in [4.69, 9.17) is 11.6 Å².